The Morgan fingerprint density at radius 1 is 0.970 bits per heavy atom. The predicted octanol–water partition coefficient (Wildman–Crippen LogP) is 3.88. The van der Waals surface area contributed by atoms with Gasteiger partial charge in [-0.05, 0) is 56.2 Å². The van der Waals surface area contributed by atoms with E-state index in [2.05, 4.69) is 10.0 Å². The van der Waals surface area contributed by atoms with Crippen LogP contribution in [-0.2, 0) is 19.6 Å². The zero-order chi connectivity index (χ0) is 23.7. The molecule has 0 unspecified atom stereocenters. The largest absolute Gasteiger partial charge is 0.494 e. The van der Waals surface area contributed by atoms with Crippen molar-refractivity contribution >= 4 is 27.6 Å². The fourth-order valence-corrected chi connectivity index (χ4v) is 4.82. The summed E-state index contributed by atoms with van der Waals surface area (Å²) in [7, 11) is -3.95. The molecule has 1 aliphatic carbocycles. The molecule has 0 atom stereocenters. The predicted molar refractivity (Wildman–Crippen MR) is 125 cm³/mol. The van der Waals surface area contributed by atoms with E-state index in [-0.39, 0.29) is 28.1 Å². The lowest BCUT2D eigenvalue weighted by Crippen LogP contribution is -2.37. The van der Waals surface area contributed by atoms with Crippen LogP contribution in [0.4, 0.5) is 5.69 Å². The van der Waals surface area contributed by atoms with Gasteiger partial charge in [0.05, 0.1) is 22.8 Å². The number of amides is 1. The highest BCUT2D eigenvalue weighted by Gasteiger charge is 2.21. The quantitative estimate of drug-likeness (QED) is 0.421. The summed E-state index contributed by atoms with van der Waals surface area (Å²) >= 11 is 0. The number of carbonyl (C=O) groups is 2. The summed E-state index contributed by atoms with van der Waals surface area (Å²) in [4.78, 5) is 24.8. The number of rotatable bonds is 9. The van der Waals surface area contributed by atoms with Crippen LogP contribution in [0.2, 0.25) is 0 Å². The highest BCUT2D eigenvalue weighted by molar-refractivity contribution is 7.92. The van der Waals surface area contributed by atoms with E-state index in [9.17, 15) is 18.0 Å². The van der Waals surface area contributed by atoms with E-state index in [1.807, 2.05) is 6.92 Å². The highest BCUT2D eigenvalue weighted by atomic mass is 32.2. The van der Waals surface area contributed by atoms with Crippen LogP contribution in [0.15, 0.2) is 53.4 Å². The van der Waals surface area contributed by atoms with Crippen molar-refractivity contribution < 1.29 is 27.5 Å². The summed E-state index contributed by atoms with van der Waals surface area (Å²) in [6.07, 6.45) is 6.35. The second-order valence-corrected chi connectivity index (χ2v) is 9.57. The molecule has 1 aliphatic rings. The first-order valence-corrected chi connectivity index (χ1v) is 12.7. The zero-order valence-electron chi connectivity index (χ0n) is 18.7. The van der Waals surface area contributed by atoms with Crippen molar-refractivity contribution in [3.8, 4) is 5.75 Å². The van der Waals surface area contributed by atoms with Crippen LogP contribution >= 0.6 is 0 Å². The van der Waals surface area contributed by atoms with Gasteiger partial charge in [-0.15, -0.1) is 0 Å². The molecule has 3 rings (SSSR count). The number of anilines is 1. The standard InChI is InChI=1S/C24H30N2O6S/c1-2-31-19-13-15-20(16-14-19)33(29,30)26-22-12-8-7-11-21(22)24(28)32-17-23(27)25-18-9-5-3-4-6-10-18/h7-8,11-16,18,26H,2-6,9-10,17H2,1H3,(H,25,27). The maximum absolute atomic E-state index is 12.8. The Morgan fingerprint density at radius 2 is 1.64 bits per heavy atom. The van der Waals surface area contributed by atoms with Crippen LogP contribution in [0.25, 0.3) is 0 Å². The Morgan fingerprint density at radius 3 is 2.30 bits per heavy atom. The first kappa shape index (κ1) is 24.6. The molecular formula is C24H30N2O6S. The molecule has 9 heteroatoms. The lowest BCUT2D eigenvalue weighted by Gasteiger charge is -2.16. The van der Waals surface area contributed by atoms with Crippen LogP contribution in [0.1, 0.15) is 55.8 Å². The van der Waals surface area contributed by atoms with E-state index < -0.39 is 22.6 Å². The summed E-state index contributed by atoms with van der Waals surface area (Å²) < 4.78 is 38.5. The minimum Gasteiger partial charge on any atom is -0.494 e. The molecule has 2 N–H and O–H groups in total. The van der Waals surface area contributed by atoms with Crippen molar-refractivity contribution in [3.05, 3.63) is 54.1 Å². The molecule has 0 spiro atoms. The third kappa shape index (κ3) is 7.21. The number of hydrogen-bond donors (Lipinski definition) is 2. The number of ether oxygens (including phenoxy) is 2. The molecular weight excluding hydrogens is 444 g/mol. The Kier molecular flexibility index (Phi) is 8.71. The van der Waals surface area contributed by atoms with Crippen molar-refractivity contribution in [1.82, 2.24) is 5.32 Å². The average Bonchev–Trinajstić information content (AvgIpc) is 3.07. The molecule has 0 heterocycles. The van der Waals surface area contributed by atoms with E-state index in [0.29, 0.717) is 12.4 Å². The maximum atomic E-state index is 12.8. The van der Waals surface area contributed by atoms with Gasteiger partial charge in [-0.2, -0.15) is 0 Å². The molecule has 1 fully saturated rings. The van der Waals surface area contributed by atoms with E-state index in [0.717, 1.165) is 25.7 Å². The summed E-state index contributed by atoms with van der Waals surface area (Å²) in [5.74, 6) is -0.582. The summed E-state index contributed by atoms with van der Waals surface area (Å²) in [5, 5.41) is 2.92. The molecule has 0 aromatic heterocycles. The van der Waals surface area contributed by atoms with Gasteiger partial charge in [0.1, 0.15) is 5.75 Å². The van der Waals surface area contributed by atoms with Crippen molar-refractivity contribution in [1.29, 1.82) is 0 Å². The lowest BCUT2D eigenvalue weighted by molar-refractivity contribution is -0.125. The van der Waals surface area contributed by atoms with Gasteiger partial charge >= 0.3 is 5.97 Å². The molecule has 8 nitrogen and oxygen atoms in total. The molecule has 0 bridgehead atoms. The summed E-state index contributed by atoms with van der Waals surface area (Å²) in [5.41, 5.74) is 0.0924. The van der Waals surface area contributed by atoms with Gasteiger partial charge in [0, 0.05) is 6.04 Å². The third-order valence-corrected chi connectivity index (χ3v) is 6.77. The highest BCUT2D eigenvalue weighted by Crippen LogP contribution is 2.23. The van der Waals surface area contributed by atoms with Crippen LogP contribution in [-0.4, -0.2) is 39.5 Å². The maximum Gasteiger partial charge on any atom is 0.340 e. The minimum atomic E-state index is -3.95. The molecule has 1 amide bonds. The number of benzene rings is 2. The number of carbonyl (C=O) groups excluding carboxylic acids is 2. The van der Waals surface area contributed by atoms with Gasteiger partial charge in [-0.1, -0.05) is 37.8 Å². The SMILES string of the molecule is CCOc1ccc(S(=O)(=O)Nc2ccccc2C(=O)OCC(=O)NC2CCCCCC2)cc1. The molecule has 33 heavy (non-hydrogen) atoms. The Balaban J connectivity index is 1.62. The van der Waals surface area contributed by atoms with E-state index in [4.69, 9.17) is 9.47 Å². The zero-order valence-corrected chi connectivity index (χ0v) is 19.5. The Labute approximate surface area is 194 Å². The smallest absolute Gasteiger partial charge is 0.340 e. The van der Waals surface area contributed by atoms with E-state index >= 15 is 0 Å². The number of sulfonamides is 1. The molecule has 0 radical (unpaired) electrons. The Bertz CT molecular complexity index is 1040. The molecule has 0 aliphatic heterocycles. The second-order valence-electron chi connectivity index (χ2n) is 7.89. The molecule has 0 saturated heterocycles. The summed E-state index contributed by atoms with van der Waals surface area (Å²) in [6, 6.07) is 12.2. The fourth-order valence-electron chi connectivity index (χ4n) is 3.74. The van der Waals surface area contributed by atoms with Gasteiger partial charge in [0.25, 0.3) is 15.9 Å². The number of hydrogen-bond acceptors (Lipinski definition) is 6. The van der Waals surface area contributed by atoms with Crippen molar-refractivity contribution in [2.75, 3.05) is 17.9 Å². The Hall–Kier alpha value is -3.07. The van der Waals surface area contributed by atoms with Crippen LogP contribution in [0.5, 0.6) is 5.75 Å². The normalized spacial score (nSPS) is 14.7. The van der Waals surface area contributed by atoms with Gasteiger partial charge in [0.2, 0.25) is 0 Å². The van der Waals surface area contributed by atoms with Gasteiger partial charge in [-0.25, -0.2) is 13.2 Å². The van der Waals surface area contributed by atoms with Gasteiger partial charge < -0.3 is 14.8 Å². The molecule has 2 aromatic rings. The second kappa shape index (κ2) is 11.7. The first-order valence-electron chi connectivity index (χ1n) is 11.2. The fraction of sp³-hybridized carbons (Fsp3) is 0.417. The first-order chi connectivity index (χ1) is 15.9. The topological polar surface area (TPSA) is 111 Å². The van der Waals surface area contributed by atoms with Gasteiger partial charge in [0.15, 0.2) is 6.61 Å². The van der Waals surface area contributed by atoms with Crippen molar-refractivity contribution in [2.24, 2.45) is 0 Å². The third-order valence-electron chi connectivity index (χ3n) is 5.39. The van der Waals surface area contributed by atoms with E-state index in [1.165, 1.54) is 37.1 Å². The van der Waals surface area contributed by atoms with Crippen LogP contribution in [0, 0.1) is 0 Å². The number of esters is 1. The lowest BCUT2D eigenvalue weighted by atomic mass is 10.1. The summed E-state index contributed by atoms with van der Waals surface area (Å²) in [6.45, 7) is 1.89. The number of para-hydroxylation sites is 1. The van der Waals surface area contributed by atoms with Gasteiger partial charge in [-0.3, -0.25) is 9.52 Å². The van der Waals surface area contributed by atoms with Crippen molar-refractivity contribution in [3.63, 3.8) is 0 Å². The van der Waals surface area contributed by atoms with Crippen LogP contribution < -0.4 is 14.8 Å². The van der Waals surface area contributed by atoms with E-state index in [1.54, 1.807) is 24.3 Å². The molecule has 2 aromatic carbocycles. The van der Waals surface area contributed by atoms with Crippen LogP contribution in [0.3, 0.4) is 0 Å². The molecule has 178 valence electrons. The number of nitrogens with one attached hydrogen (secondary N) is 2. The van der Waals surface area contributed by atoms with Crippen molar-refractivity contribution in [2.45, 2.75) is 56.4 Å². The monoisotopic (exact) mass is 474 g/mol. The average molecular weight is 475 g/mol. The minimum absolute atomic E-state index is 0.0225. The molecule has 1 saturated carbocycles.